The zero-order chi connectivity index (χ0) is 9.30. The molecule has 0 unspecified atom stereocenters. The van der Waals surface area contributed by atoms with Crippen molar-refractivity contribution in [1.29, 1.82) is 0 Å². The van der Waals surface area contributed by atoms with Crippen LogP contribution in [0.3, 0.4) is 0 Å². The molecule has 0 aliphatic carbocycles. The van der Waals surface area contributed by atoms with Crippen molar-refractivity contribution in [3.8, 4) is 0 Å². The third-order valence-electron chi connectivity index (χ3n) is 1.19. The monoisotopic (exact) mass is 193 g/mol. The summed E-state index contributed by atoms with van der Waals surface area (Å²) in [4.78, 5) is 13.7. The van der Waals surface area contributed by atoms with Gasteiger partial charge in [-0.2, -0.15) is 0 Å². The maximum absolute atomic E-state index is 12.0. The maximum atomic E-state index is 12.0. The fourth-order valence-corrected chi connectivity index (χ4v) is 1.47. The van der Waals surface area contributed by atoms with Gasteiger partial charge in [-0.25, -0.2) is 18.6 Å². The Morgan fingerprint density at radius 1 is 1.67 bits per heavy atom. The largest absolute Gasteiger partial charge is 0.477 e. The first-order chi connectivity index (χ1) is 5.52. The van der Waals surface area contributed by atoms with Gasteiger partial charge < -0.3 is 5.11 Å². The number of aryl methyl sites for hydroxylation is 1. The second-order valence-electron chi connectivity index (χ2n) is 2.07. The van der Waals surface area contributed by atoms with Crippen molar-refractivity contribution in [1.82, 2.24) is 4.98 Å². The van der Waals surface area contributed by atoms with Crippen molar-refractivity contribution in [2.24, 2.45) is 0 Å². The second kappa shape index (κ2) is 3.14. The Morgan fingerprint density at radius 2 is 2.25 bits per heavy atom. The van der Waals surface area contributed by atoms with E-state index in [0.717, 1.165) is 0 Å². The fourth-order valence-electron chi connectivity index (χ4n) is 0.709. The predicted octanol–water partition coefficient (Wildman–Crippen LogP) is 2.09. The molecule has 0 atom stereocenters. The number of halogens is 2. The molecule has 0 aliphatic rings. The van der Waals surface area contributed by atoms with Crippen LogP contribution in [0, 0.1) is 6.92 Å². The molecule has 0 fully saturated rings. The molecule has 0 aliphatic heterocycles. The average molecular weight is 193 g/mol. The molecule has 1 aromatic rings. The summed E-state index contributed by atoms with van der Waals surface area (Å²) in [6.07, 6.45) is -2.69. The highest BCUT2D eigenvalue weighted by Crippen LogP contribution is 2.26. The number of rotatable bonds is 2. The molecule has 3 nitrogen and oxygen atoms in total. The molecular formula is C6H5F2NO2S. The van der Waals surface area contributed by atoms with Crippen LogP contribution in [0.1, 0.15) is 26.8 Å². The zero-order valence-electron chi connectivity index (χ0n) is 6.04. The first-order valence-electron chi connectivity index (χ1n) is 3.01. The molecule has 0 radical (unpaired) electrons. The van der Waals surface area contributed by atoms with E-state index in [4.69, 9.17) is 5.11 Å². The molecular weight excluding hydrogens is 188 g/mol. The van der Waals surface area contributed by atoms with Gasteiger partial charge >= 0.3 is 5.97 Å². The highest BCUT2D eigenvalue weighted by molar-refractivity contribution is 7.13. The van der Waals surface area contributed by atoms with Crippen LogP contribution in [0.2, 0.25) is 0 Å². The fraction of sp³-hybridized carbons (Fsp3) is 0.333. The molecule has 0 aromatic carbocycles. The summed E-state index contributed by atoms with van der Waals surface area (Å²) >= 11 is 0.515. The lowest BCUT2D eigenvalue weighted by molar-refractivity contribution is 0.0701. The maximum Gasteiger partial charge on any atom is 0.347 e. The van der Waals surface area contributed by atoms with E-state index < -0.39 is 17.4 Å². The summed E-state index contributed by atoms with van der Waals surface area (Å²) in [5.41, 5.74) is 0.141. The van der Waals surface area contributed by atoms with Crippen LogP contribution in [-0.2, 0) is 0 Å². The van der Waals surface area contributed by atoms with Gasteiger partial charge in [0.15, 0.2) is 5.01 Å². The minimum absolute atomic E-state index is 0.120. The van der Waals surface area contributed by atoms with Crippen LogP contribution in [0.25, 0.3) is 0 Å². The Balaban J connectivity index is 3.09. The second-order valence-corrected chi connectivity index (χ2v) is 3.10. The summed E-state index contributed by atoms with van der Waals surface area (Å²) in [6.45, 7) is 1.39. The Hall–Kier alpha value is -1.04. The Morgan fingerprint density at radius 3 is 2.50 bits per heavy atom. The van der Waals surface area contributed by atoms with Gasteiger partial charge in [-0.3, -0.25) is 0 Å². The molecule has 12 heavy (non-hydrogen) atoms. The van der Waals surface area contributed by atoms with Crippen LogP contribution >= 0.6 is 11.3 Å². The smallest absolute Gasteiger partial charge is 0.347 e. The number of nitrogens with zero attached hydrogens (tertiary/aromatic N) is 1. The Kier molecular flexibility index (Phi) is 2.37. The van der Waals surface area contributed by atoms with Crippen molar-refractivity contribution in [2.75, 3.05) is 0 Å². The number of carbonyl (C=O) groups is 1. The van der Waals surface area contributed by atoms with Gasteiger partial charge in [0, 0.05) is 0 Å². The molecule has 0 bridgehead atoms. The predicted molar refractivity (Wildman–Crippen MR) is 38.8 cm³/mol. The van der Waals surface area contributed by atoms with E-state index in [1.165, 1.54) is 6.92 Å². The Labute approximate surface area is 70.7 Å². The zero-order valence-corrected chi connectivity index (χ0v) is 6.86. The molecule has 0 saturated heterocycles. The number of thiazole rings is 1. The van der Waals surface area contributed by atoms with Gasteiger partial charge in [0.2, 0.25) is 0 Å². The SMILES string of the molecule is Cc1nc(C(F)F)sc1C(=O)O. The number of aromatic nitrogens is 1. The van der Waals surface area contributed by atoms with Crippen LogP contribution in [0.5, 0.6) is 0 Å². The third-order valence-corrected chi connectivity index (χ3v) is 2.35. The normalized spacial score (nSPS) is 10.7. The van der Waals surface area contributed by atoms with Crippen molar-refractivity contribution in [2.45, 2.75) is 13.3 Å². The molecule has 1 aromatic heterocycles. The standard InChI is InChI=1S/C6H5F2NO2S/c1-2-3(6(10)11)12-5(9-2)4(7)8/h4H,1H3,(H,10,11). The number of aromatic carboxylic acids is 1. The molecule has 0 spiro atoms. The third kappa shape index (κ3) is 1.58. The van der Waals surface area contributed by atoms with Crippen molar-refractivity contribution in [3.05, 3.63) is 15.6 Å². The molecule has 6 heteroatoms. The van der Waals surface area contributed by atoms with Crippen molar-refractivity contribution in [3.63, 3.8) is 0 Å². The number of hydrogen-bond donors (Lipinski definition) is 1. The number of alkyl halides is 2. The summed E-state index contributed by atoms with van der Waals surface area (Å²) in [7, 11) is 0. The van der Waals surface area contributed by atoms with Gasteiger partial charge in [0.25, 0.3) is 6.43 Å². The van der Waals surface area contributed by atoms with Crippen LogP contribution in [0.4, 0.5) is 8.78 Å². The van der Waals surface area contributed by atoms with Gasteiger partial charge in [-0.1, -0.05) is 0 Å². The summed E-state index contributed by atoms with van der Waals surface area (Å²) in [5.74, 6) is -1.21. The molecule has 1 heterocycles. The number of carboxylic acids is 1. The average Bonchev–Trinajstić information content (AvgIpc) is 2.30. The van der Waals surface area contributed by atoms with Crippen LogP contribution < -0.4 is 0 Å². The van der Waals surface area contributed by atoms with E-state index in [-0.39, 0.29) is 10.6 Å². The number of hydrogen-bond acceptors (Lipinski definition) is 3. The summed E-state index contributed by atoms with van der Waals surface area (Å²) in [5, 5.41) is 8.05. The Bertz CT molecular complexity index is 310. The van der Waals surface area contributed by atoms with E-state index in [1.807, 2.05) is 0 Å². The molecule has 0 saturated carbocycles. The lowest BCUT2D eigenvalue weighted by atomic mass is 10.4. The van der Waals surface area contributed by atoms with Crippen molar-refractivity contribution < 1.29 is 18.7 Å². The number of carboxylic acid groups (broad SMARTS) is 1. The van der Waals surface area contributed by atoms with E-state index >= 15 is 0 Å². The lowest BCUT2D eigenvalue weighted by Crippen LogP contribution is -1.94. The van der Waals surface area contributed by atoms with E-state index in [0.29, 0.717) is 11.3 Å². The van der Waals surface area contributed by atoms with E-state index in [2.05, 4.69) is 4.98 Å². The van der Waals surface area contributed by atoms with E-state index in [9.17, 15) is 13.6 Å². The highest BCUT2D eigenvalue weighted by Gasteiger charge is 2.18. The molecule has 1 N–H and O–H groups in total. The molecule has 1 rings (SSSR count). The van der Waals surface area contributed by atoms with Crippen LogP contribution in [0.15, 0.2) is 0 Å². The molecule has 66 valence electrons. The minimum Gasteiger partial charge on any atom is -0.477 e. The first-order valence-corrected chi connectivity index (χ1v) is 3.82. The first kappa shape index (κ1) is 9.05. The summed E-state index contributed by atoms with van der Waals surface area (Å²) in [6, 6.07) is 0. The van der Waals surface area contributed by atoms with Gasteiger partial charge in [-0.05, 0) is 6.92 Å². The quantitative estimate of drug-likeness (QED) is 0.782. The summed E-state index contributed by atoms with van der Waals surface area (Å²) < 4.78 is 24.0. The van der Waals surface area contributed by atoms with Gasteiger partial charge in [0.1, 0.15) is 4.88 Å². The van der Waals surface area contributed by atoms with E-state index in [1.54, 1.807) is 0 Å². The van der Waals surface area contributed by atoms with Gasteiger partial charge in [0.05, 0.1) is 5.69 Å². The lowest BCUT2D eigenvalue weighted by Gasteiger charge is -1.86. The van der Waals surface area contributed by atoms with Crippen LogP contribution in [-0.4, -0.2) is 16.1 Å². The highest BCUT2D eigenvalue weighted by atomic mass is 32.1. The minimum atomic E-state index is -2.69. The topological polar surface area (TPSA) is 50.2 Å². The van der Waals surface area contributed by atoms with Gasteiger partial charge in [-0.15, -0.1) is 11.3 Å². The van der Waals surface area contributed by atoms with Crippen molar-refractivity contribution >= 4 is 17.3 Å². The molecule has 0 amide bonds.